The summed E-state index contributed by atoms with van der Waals surface area (Å²) in [5.74, 6) is 1.95. The maximum absolute atomic E-state index is 12.4. The molecule has 2 N–H and O–H groups in total. The number of piperidine rings is 1. The molecule has 2 aliphatic rings. The van der Waals surface area contributed by atoms with Gasteiger partial charge in [0.2, 0.25) is 6.79 Å². The van der Waals surface area contributed by atoms with Crippen LogP contribution in [-0.2, 0) is 4.79 Å². The fourth-order valence-corrected chi connectivity index (χ4v) is 5.06. The zero-order valence-electron chi connectivity index (χ0n) is 15.4. The largest absolute Gasteiger partial charge is 0.454 e. The van der Waals surface area contributed by atoms with Crippen LogP contribution in [0.3, 0.4) is 0 Å². The third kappa shape index (κ3) is 3.55. The maximum Gasteiger partial charge on any atom is 0.279 e. The van der Waals surface area contributed by atoms with Crippen molar-refractivity contribution in [3.63, 3.8) is 0 Å². The molecule has 1 saturated heterocycles. The number of hydrogen-bond donors (Lipinski definition) is 2. The molecule has 1 fully saturated rings. The number of likely N-dealkylation sites (tertiary alicyclic amines) is 1. The summed E-state index contributed by atoms with van der Waals surface area (Å²) < 4.78 is 11.9. The number of para-hydroxylation sites is 1. The molecule has 0 saturated carbocycles. The Morgan fingerprint density at radius 2 is 1.96 bits per heavy atom. The number of nitrogens with one attached hydrogen (secondary N) is 2. The molecule has 6 nitrogen and oxygen atoms in total. The molecule has 0 atom stereocenters. The lowest BCUT2D eigenvalue weighted by atomic mass is 9.97. The molecule has 2 aliphatic heterocycles. The molecule has 0 unspecified atom stereocenters. The molecule has 0 spiro atoms. The van der Waals surface area contributed by atoms with E-state index in [0.29, 0.717) is 18.2 Å². The number of nitrogens with zero attached hydrogens (tertiary/aromatic N) is 1. The van der Waals surface area contributed by atoms with E-state index in [9.17, 15) is 4.79 Å². The number of hydrogen-bond acceptors (Lipinski definition) is 5. The van der Waals surface area contributed by atoms with E-state index in [2.05, 4.69) is 23.5 Å². The summed E-state index contributed by atoms with van der Waals surface area (Å²) in [6.45, 7) is 2.71. The predicted molar refractivity (Wildman–Crippen MR) is 108 cm³/mol. The van der Waals surface area contributed by atoms with Crippen LogP contribution in [0.2, 0.25) is 0 Å². The second-order valence-corrected chi connectivity index (χ2v) is 8.40. The van der Waals surface area contributed by atoms with Crippen molar-refractivity contribution >= 4 is 33.1 Å². The Hall–Kier alpha value is -2.64. The first-order valence-electron chi connectivity index (χ1n) is 9.63. The molecule has 1 aromatic heterocycles. The summed E-state index contributed by atoms with van der Waals surface area (Å²) in [5, 5.41) is 4.21. The molecule has 144 valence electrons. The average molecular weight is 396 g/mol. The van der Waals surface area contributed by atoms with Gasteiger partial charge in [-0.1, -0.05) is 12.1 Å². The minimum absolute atomic E-state index is 0.0345. The van der Waals surface area contributed by atoms with Crippen molar-refractivity contribution in [3.8, 4) is 11.5 Å². The van der Waals surface area contributed by atoms with Crippen molar-refractivity contribution in [2.24, 2.45) is 0 Å². The maximum atomic E-state index is 12.4. The van der Waals surface area contributed by atoms with Crippen molar-refractivity contribution in [1.82, 2.24) is 4.98 Å². The molecule has 5 rings (SSSR count). The summed E-state index contributed by atoms with van der Waals surface area (Å²) in [6, 6.07) is 13.8. The van der Waals surface area contributed by atoms with E-state index in [1.165, 1.54) is 14.6 Å². The van der Waals surface area contributed by atoms with Gasteiger partial charge < -0.3 is 19.7 Å². The van der Waals surface area contributed by atoms with Crippen molar-refractivity contribution in [2.45, 2.75) is 18.8 Å². The van der Waals surface area contributed by atoms with Crippen molar-refractivity contribution in [2.75, 3.05) is 31.7 Å². The van der Waals surface area contributed by atoms with E-state index in [0.717, 1.165) is 42.9 Å². The molecular weight excluding hydrogens is 374 g/mol. The van der Waals surface area contributed by atoms with Crippen LogP contribution in [0.15, 0.2) is 42.5 Å². The third-order valence-corrected chi connectivity index (χ3v) is 6.62. The fraction of sp³-hybridized carbons (Fsp3) is 0.333. The van der Waals surface area contributed by atoms with Gasteiger partial charge in [0.1, 0.15) is 0 Å². The van der Waals surface area contributed by atoms with E-state index in [1.807, 2.05) is 35.6 Å². The summed E-state index contributed by atoms with van der Waals surface area (Å²) in [6.07, 6.45) is 2.15. The lowest BCUT2D eigenvalue weighted by Crippen LogP contribution is -3.14. The first-order valence-corrected chi connectivity index (χ1v) is 10.4. The third-order valence-electron chi connectivity index (χ3n) is 5.42. The highest BCUT2D eigenvalue weighted by molar-refractivity contribution is 7.18. The number of thiazole rings is 1. The van der Waals surface area contributed by atoms with Gasteiger partial charge >= 0.3 is 0 Å². The first kappa shape index (κ1) is 17.5. The molecule has 1 amide bonds. The Kier molecular flexibility index (Phi) is 4.62. The van der Waals surface area contributed by atoms with Gasteiger partial charge in [0.25, 0.3) is 5.91 Å². The summed E-state index contributed by atoms with van der Waals surface area (Å²) in [5.41, 5.74) is 1.85. The number of rotatable bonds is 4. The van der Waals surface area contributed by atoms with E-state index < -0.39 is 0 Å². The SMILES string of the molecule is O=C(C[NH+]1CCC(c2nc3ccccc3s2)CC1)Nc1ccc2c(c1)OCO2. The average Bonchev–Trinajstić information content (AvgIpc) is 3.34. The van der Waals surface area contributed by atoms with Gasteiger partial charge in [-0.05, 0) is 24.3 Å². The lowest BCUT2D eigenvalue weighted by molar-refractivity contribution is -0.897. The second-order valence-electron chi connectivity index (χ2n) is 7.34. The highest BCUT2D eigenvalue weighted by Gasteiger charge is 2.27. The summed E-state index contributed by atoms with van der Waals surface area (Å²) in [7, 11) is 0. The van der Waals surface area contributed by atoms with Crippen LogP contribution in [0.1, 0.15) is 23.8 Å². The lowest BCUT2D eigenvalue weighted by Gasteiger charge is -2.27. The Bertz CT molecular complexity index is 978. The zero-order chi connectivity index (χ0) is 18.9. The normalized spacial score (nSPS) is 21.0. The number of carbonyl (C=O) groups excluding carboxylic acids is 1. The van der Waals surface area contributed by atoms with E-state index in [-0.39, 0.29) is 12.7 Å². The predicted octanol–water partition coefficient (Wildman–Crippen LogP) is 2.43. The topological polar surface area (TPSA) is 64.9 Å². The number of carbonyl (C=O) groups is 1. The highest BCUT2D eigenvalue weighted by atomic mass is 32.1. The minimum atomic E-state index is 0.0345. The molecule has 0 bridgehead atoms. The van der Waals surface area contributed by atoms with Gasteiger partial charge in [0.15, 0.2) is 18.0 Å². The van der Waals surface area contributed by atoms with Gasteiger partial charge in [0.05, 0.1) is 28.3 Å². The zero-order valence-corrected chi connectivity index (χ0v) is 16.3. The fourth-order valence-electron chi connectivity index (χ4n) is 3.92. The van der Waals surface area contributed by atoms with Crippen LogP contribution in [0.4, 0.5) is 5.69 Å². The van der Waals surface area contributed by atoms with Gasteiger partial charge in [-0.25, -0.2) is 4.98 Å². The van der Waals surface area contributed by atoms with Crippen LogP contribution >= 0.6 is 11.3 Å². The highest BCUT2D eigenvalue weighted by Crippen LogP contribution is 2.34. The Labute approximate surface area is 167 Å². The van der Waals surface area contributed by atoms with E-state index >= 15 is 0 Å². The monoisotopic (exact) mass is 396 g/mol. The number of aromatic nitrogens is 1. The Morgan fingerprint density at radius 3 is 2.82 bits per heavy atom. The number of fused-ring (bicyclic) bond motifs is 2. The number of anilines is 1. The number of benzene rings is 2. The molecule has 0 radical (unpaired) electrons. The Morgan fingerprint density at radius 1 is 1.14 bits per heavy atom. The van der Waals surface area contributed by atoms with Gasteiger partial charge in [-0.15, -0.1) is 11.3 Å². The number of amides is 1. The number of ether oxygens (including phenoxy) is 2. The Balaban J connectivity index is 1.15. The van der Waals surface area contributed by atoms with E-state index in [4.69, 9.17) is 14.5 Å². The van der Waals surface area contributed by atoms with Crippen molar-refractivity contribution < 1.29 is 19.2 Å². The molecule has 28 heavy (non-hydrogen) atoms. The number of quaternary nitrogens is 1. The van der Waals surface area contributed by atoms with Crippen LogP contribution in [-0.4, -0.2) is 37.3 Å². The van der Waals surface area contributed by atoms with Crippen LogP contribution < -0.4 is 19.7 Å². The minimum Gasteiger partial charge on any atom is -0.454 e. The molecular formula is C21H22N3O3S+. The molecule has 7 heteroatoms. The molecule has 3 aromatic rings. The van der Waals surface area contributed by atoms with Gasteiger partial charge in [-0.3, -0.25) is 4.79 Å². The second kappa shape index (κ2) is 7.41. The molecule has 2 aromatic carbocycles. The van der Waals surface area contributed by atoms with Crippen molar-refractivity contribution in [3.05, 3.63) is 47.5 Å². The van der Waals surface area contributed by atoms with Crippen LogP contribution in [0.5, 0.6) is 11.5 Å². The standard InChI is InChI=1S/C21H21N3O3S/c25-20(22-15-5-6-17-18(11-15)27-13-26-17)12-24-9-7-14(8-10-24)21-23-16-3-1-2-4-19(16)28-21/h1-6,11,14H,7-10,12-13H2,(H,22,25)/p+1. The van der Waals surface area contributed by atoms with Gasteiger partial charge in [0, 0.05) is 30.5 Å². The molecule has 0 aliphatic carbocycles. The summed E-state index contributed by atoms with van der Waals surface area (Å²) in [4.78, 5) is 18.6. The molecule has 3 heterocycles. The van der Waals surface area contributed by atoms with Crippen molar-refractivity contribution in [1.29, 1.82) is 0 Å². The quantitative estimate of drug-likeness (QED) is 0.711. The first-order chi connectivity index (χ1) is 13.7. The van der Waals surface area contributed by atoms with Crippen LogP contribution in [0.25, 0.3) is 10.2 Å². The van der Waals surface area contributed by atoms with E-state index in [1.54, 1.807) is 0 Å². The van der Waals surface area contributed by atoms with Gasteiger partial charge in [-0.2, -0.15) is 0 Å². The van der Waals surface area contributed by atoms with Crippen LogP contribution in [0, 0.1) is 0 Å². The summed E-state index contributed by atoms with van der Waals surface area (Å²) >= 11 is 1.81. The smallest absolute Gasteiger partial charge is 0.279 e.